The summed E-state index contributed by atoms with van der Waals surface area (Å²) in [5.41, 5.74) is 7.83. The van der Waals surface area contributed by atoms with E-state index in [1.807, 2.05) is 13.0 Å². The second-order valence-electron chi connectivity index (χ2n) is 10.3. The molecule has 0 saturated heterocycles. The van der Waals surface area contributed by atoms with Crippen molar-refractivity contribution in [1.29, 1.82) is 0 Å². The summed E-state index contributed by atoms with van der Waals surface area (Å²) >= 11 is 0. The Morgan fingerprint density at radius 2 is 1.77 bits per heavy atom. The Kier molecular flexibility index (Phi) is 10.8. The van der Waals surface area contributed by atoms with E-state index in [9.17, 15) is 37.8 Å². The van der Waals surface area contributed by atoms with Crippen LogP contribution >= 0.6 is 0 Å². The molecular weight excluding hydrogens is 633 g/mol. The Morgan fingerprint density at radius 3 is 2.38 bits per heavy atom. The number of carbonyl (C=O) groups is 3. The molecule has 0 aliphatic carbocycles. The Hall–Kier alpha value is -6.16. The van der Waals surface area contributed by atoms with Crippen molar-refractivity contribution in [2.75, 3.05) is 10.6 Å². The van der Waals surface area contributed by atoms with Gasteiger partial charge in [-0.3, -0.25) is 9.78 Å². The Morgan fingerprint density at radius 1 is 1.00 bits per heavy atom. The molecule has 48 heavy (non-hydrogen) atoms. The van der Waals surface area contributed by atoms with E-state index in [0.717, 1.165) is 23.3 Å². The molecule has 248 valence electrons. The van der Waals surface area contributed by atoms with E-state index < -0.39 is 42.0 Å². The summed E-state index contributed by atoms with van der Waals surface area (Å²) < 4.78 is 42.3. The molecular formula is C32H27F3N8O5-2. The predicted molar refractivity (Wildman–Crippen MR) is 164 cm³/mol. The number of nitrogens with one attached hydrogen (secondary N) is 2. The second-order valence-corrected chi connectivity index (χ2v) is 10.3. The number of nitrogens with two attached hydrogens (primary N) is 1. The minimum atomic E-state index is -4.60. The van der Waals surface area contributed by atoms with Crippen LogP contribution in [0.1, 0.15) is 33.6 Å². The van der Waals surface area contributed by atoms with Crippen molar-refractivity contribution < 1.29 is 37.8 Å². The number of alkyl halides is 3. The molecule has 0 unspecified atom stereocenters. The van der Waals surface area contributed by atoms with E-state index in [0.29, 0.717) is 23.0 Å². The first-order valence-electron chi connectivity index (χ1n) is 14.0. The monoisotopic (exact) mass is 660 g/mol. The van der Waals surface area contributed by atoms with Gasteiger partial charge in [-0.15, -0.1) is 0 Å². The van der Waals surface area contributed by atoms with Crippen LogP contribution in [0.25, 0.3) is 16.9 Å². The fraction of sp³-hybridized carbons (Fsp3) is 0.156. The number of aromatic nitrogens is 5. The number of imidazole rings is 1. The highest BCUT2D eigenvalue weighted by atomic mass is 19.4. The van der Waals surface area contributed by atoms with Gasteiger partial charge in [0.2, 0.25) is 5.95 Å². The molecule has 3 heterocycles. The van der Waals surface area contributed by atoms with Gasteiger partial charge in [0.1, 0.15) is 0 Å². The van der Waals surface area contributed by atoms with Crippen LogP contribution in [0.3, 0.4) is 0 Å². The van der Waals surface area contributed by atoms with Crippen LogP contribution in [0.4, 0.5) is 30.5 Å². The molecule has 5 aromatic rings. The van der Waals surface area contributed by atoms with E-state index >= 15 is 0 Å². The first kappa shape index (κ1) is 34.7. The zero-order valence-electron chi connectivity index (χ0n) is 25.4. The largest absolute Gasteiger partial charge is 0.550 e. The number of aliphatic carboxylic acids is 2. The Labute approximate surface area is 271 Å². The molecule has 1 atom stereocenters. The van der Waals surface area contributed by atoms with Gasteiger partial charge in [-0.05, 0) is 67.9 Å². The number of rotatable bonds is 9. The van der Waals surface area contributed by atoms with E-state index in [4.69, 9.17) is 5.73 Å². The summed E-state index contributed by atoms with van der Waals surface area (Å²) in [4.78, 5) is 49.4. The van der Waals surface area contributed by atoms with Crippen molar-refractivity contribution >= 4 is 35.2 Å². The molecule has 0 aliphatic heterocycles. The van der Waals surface area contributed by atoms with Crippen LogP contribution in [0.5, 0.6) is 0 Å². The number of amides is 1. The van der Waals surface area contributed by atoms with Crippen molar-refractivity contribution in [3.63, 3.8) is 0 Å². The highest BCUT2D eigenvalue weighted by Gasteiger charge is 2.31. The average Bonchev–Trinajstić information content (AvgIpc) is 3.48. The first-order valence-corrected chi connectivity index (χ1v) is 14.0. The Balaban J connectivity index is 0.000000508. The van der Waals surface area contributed by atoms with Gasteiger partial charge >= 0.3 is 6.18 Å². The van der Waals surface area contributed by atoms with Crippen LogP contribution < -0.4 is 26.6 Å². The number of carboxylic acids is 2. The maximum Gasteiger partial charge on any atom is 0.416 e. The number of carbonyl (C=O) groups excluding carboxylic acids is 3. The fourth-order valence-electron chi connectivity index (χ4n) is 4.14. The lowest BCUT2D eigenvalue weighted by Crippen LogP contribution is -2.45. The van der Waals surface area contributed by atoms with Gasteiger partial charge in [0.15, 0.2) is 0 Å². The summed E-state index contributed by atoms with van der Waals surface area (Å²) in [5.74, 6) is -3.34. The number of hydrogen-bond acceptors (Lipinski definition) is 11. The molecule has 0 bridgehead atoms. The summed E-state index contributed by atoms with van der Waals surface area (Å²) in [7, 11) is 0. The van der Waals surface area contributed by atoms with Gasteiger partial charge in [-0.1, -0.05) is 6.07 Å². The number of pyridine rings is 1. The Bertz CT molecular complexity index is 1930. The third-order valence-corrected chi connectivity index (χ3v) is 6.56. The quantitative estimate of drug-likeness (QED) is 0.210. The third kappa shape index (κ3) is 9.43. The molecule has 0 spiro atoms. The number of carboxylic acid groups (broad SMARTS) is 2. The number of benzene rings is 2. The molecule has 0 saturated carbocycles. The minimum Gasteiger partial charge on any atom is -0.550 e. The molecule has 3 aromatic heterocycles. The normalized spacial score (nSPS) is 11.5. The minimum absolute atomic E-state index is 0.00114. The van der Waals surface area contributed by atoms with Crippen molar-refractivity contribution in [3.8, 4) is 16.9 Å². The lowest BCUT2D eigenvalue weighted by molar-refractivity contribution is -0.316. The number of anilines is 3. The molecule has 2 aromatic carbocycles. The molecule has 16 heteroatoms. The molecule has 0 radical (unpaired) electrons. The molecule has 5 rings (SSSR count). The average molecular weight is 661 g/mol. The highest BCUT2D eigenvalue weighted by molar-refractivity contribution is 6.05. The lowest BCUT2D eigenvalue weighted by atomic mass is 10.1. The summed E-state index contributed by atoms with van der Waals surface area (Å²) in [6.45, 7) is 3.58. The van der Waals surface area contributed by atoms with Crippen molar-refractivity contribution in [3.05, 3.63) is 108 Å². The summed E-state index contributed by atoms with van der Waals surface area (Å²) in [6, 6.07) is 12.3. The third-order valence-electron chi connectivity index (χ3n) is 6.56. The maximum absolute atomic E-state index is 13.6. The topological polar surface area (TPSA) is 204 Å². The predicted octanol–water partition coefficient (Wildman–Crippen LogP) is 2.56. The van der Waals surface area contributed by atoms with E-state index in [-0.39, 0.29) is 16.9 Å². The van der Waals surface area contributed by atoms with E-state index in [1.165, 1.54) is 17.0 Å². The number of aryl methyl sites for hydroxylation is 2. The van der Waals surface area contributed by atoms with Gasteiger partial charge in [0, 0.05) is 71.4 Å². The SMILES string of the molecule is Cc1cn(-c2cc(NC(=O)c3ccc(C)c(Nc4nccc(-c5cccnc5)n4)c3)cc(C(F)(F)F)c2)cn1.N[C@@H](CC(=O)[O-])C(=O)[O-]. The summed E-state index contributed by atoms with van der Waals surface area (Å²) in [5, 5.41) is 25.1. The lowest BCUT2D eigenvalue weighted by Gasteiger charge is -2.14. The molecule has 13 nitrogen and oxygen atoms in total. The molecule has 0 aliphatic rings. The number of halogens is 3. The van der Waals surface area contributed by atoms with Crippen LogP contribution in [0.15, 0.2) is 85.7 Å². The van der Waals surface area contributed by atoms with Crippen molar-refractivity contribution in [2.24, 2.45) is 5.73 Å². The van der Waals surface area contributed by atoms with Crippen LogP contribution in [-0.2, 0) is 15.8 Å². The van der Waals surface area contributed by atoms with Gasteiger partial charge in [0.05, 0.1) is 29.2 Å². The number of nitrogens with zero attached hydrogens (tertiary/aromatic N) is 5. The molecule has 4 N–H and O–H groups in total. The van der Waals surface area contributed by atoms with Crippen molar-refractivity contribution in [1.82, 2.24) is 24.5 Å². The van der Waals surface area contributed by atoms with Crippen LogP contribution in [0, 0.1) is 13.8 Å². The zero-order valence-corrected chi connectivity index (χ0v) is 25.4. The smallest absolute Gasteiger partial charge is 0.416 e. The van der Waals surface area contributed by atoms with E-state index in [2.05, 4.69) is 30.6 Å². The first-order chi connectivity index (χ1) is 22.7. The molecule has 0 fully saturated rings. The molecule has 1 amide bonds. The second kappa shape index (κ2) is 15.0. The van der Waals surface area contributed by atoms with Crippen molar-refractivity contribution in [2.45, 2.75) is 32.5 Å². The number of hydrogen-bond donors (Lipinski definition) is 3. The van der Waals surface area contributed by atoms with Gasteiger partial charge in [-0.25, -0.2) is 15.0 Å². The summed E-state index contributed by atoms with van der Waals surface area (Å²) in [6.07, 6.45) is 2.68. The van der Waals surface area contributed by atoms with Crippen LogP contribution in [0.2, 0.25) is 0 Å². The highest BCUT2D eigenvalue weighted by Crippen LogP contribution is 2.33. The van der Waals surface area contributed by atoms with E-state index in [1.54, 1.807) is 62.0 Å². The van der Waals surface area contributed by atoms with Gasteiger partial charge in [0.25, 0.3) is 5.91 Å². The standard InChI is InChI=1S/C28H22F3N7O.C4H7NO4/c1-17-5-6-19(10-25(17)37-27-33-9-7-24(36-27)20-4-3-8-32-14-20)26(39)35-22-11-21(28(29,30)31)12-23(13-22)38-15-18(2)34-16-38;5-2(4(8)9)1-3(6)7/h3-16H,1-2H3,(H,35,39)(H,33,36,37);2H,1,5H2,(H,6,7)(H,8,9)/p-2/t;2-/m.0/s1. The zero-order chi connectivity index (χ0) is 35.0. The van der Waals surface area contributed by atoms with Gasteiger partial charge in [-0.2, -0.15) is 13.2 Å². The maximum atomic E-state index is 13.6. The van der Waals surface area contributed by atoms with Gasteiger partial charge < -0.3 is 40.7 Å². The van der Waals surface area contributed by atoms with Crippen LogP contribution in [-0.4, -0.2) is 48.4 Å². The fourth-order valence-corrected chi connectivity index (χ4v) is 4.14.